The molecule has 10 nitrogen and oxygen atoms in total. The van der Waals surface area contributed by atoms with Crippen LogP contribution in [0.2, 0.25) is 0 Å². The number of ether oxygens (including phenoxy) is 3. The van der Waals surface area contributed by atoms with E-state index in [1.165, 1.54) is 12.1 Å². The molecule has 34 heavy (non-hydrogen) atoms. The number of halogens is 1. The summed E-state index contributed by atoms with van der Waals surface area (Å²) in [5, 5.41) is 9.40. The van der Waals surface area contributed by atoms with E-state index < -0.39 is 17.7 Å². The summed E-state index contributed by atoms with van der Waals surface area (Å²) in [6.07, 6.45) is 0.687. The van der Waals surface area contributed by atoms with Crippen LogP contribution in [0.5, 0.6) is 6.01 Å². The van der Waals surface area contributed by atoms with E-state index in [9.17, 15) is 14.3 Å². The van der Waals surface area contributed by atoms with E-state index in [2.05, 4.69) is 19.9 Å². The molecule has 1 saturated heterocycles. The van der Waals surface area contributed by atoms with Crippen LogP contribution in [0.1, 0.15) is 19.0 Å². The molecule has 1 aliphatic rings. The fourth-order valence-corrected chi connectivity index (χ4v) is 3.26. The van der Waals surface area contributed by atoms with Crippen molar-refractivity contribution in [3.63, 3.8) is 0 Å². The fraction of sp³-hybridized carbons (Fsp3) is 0.391. The molecule has 180 valence electrons. The highest BCUT2D eigenvalue weighted by Gasteiger charge is 2.41. The third-order valence-corrected chi connectivity index (χ3v) is 5.35. The highest BCUT2D eigenvalue weighted by atomic mass is 19.1. The van der Waals surface area contributed by atoms with Crippen molar-refractivity contribution in [2.24, 2.45) is 5.41 Å². The average Bonchev–Trinajstić information content (AvgIpc) is 3.25. The van der Waals surface area contributed by atoms with Crippen molar-refractivity contribution in [1.82, 2.24) is 24.8 Å². The number of aromatic amines is 1. The number of benzene rings is 1. The van der Waals surface area contributed by atoms with Gasteiger partial charge in [-0.1, -0.05) is 0 Å². The summed E-state index contributed by atoms with van der Waals surface area (Å²) in [6, 6.07) is 7.82. The van der Waals surface area contributed by atoms with Crippen LogP contribution in [-0.4, -0.2) is 76.4 Å². The first kappa shape index (κ1) is 23.7. The Morgan fingerprint density at radius 1 is 1.24 bits per heavy atom. The second-order valence-corrected chi connectivity index (χ2v) is 8.55. The number of aliphatic carboxylic acids is 1. The molecular weight excluding hydrogens is 445 g/mol. The average molecular weight is 471 g/mol. The molecule has 4 rings (SSSR count). The van der Waals surface area contributed by atoms with Crippen LogP contribution in [0.25, 0.3) is 22.6 Å². The Bertz CT molecular complexity index is 1140. The predicted molar refractivity (Wildman–Crippen MR) is 119 cm³/mol. The highest BCUT2D eigenvalue weighted by molar-refractivity contribution is 5.77. The van der Waals surface area contributed by atoms with Gasteiger partial charge in [0.2, 0.25) is 6.29 Å². The van der Waals surface area contributed by atoms with Crippen LogP contribution in [0.3, 0.4) is 0 Å². The van der Waals surface area contributed by atoms with Gasteiger partial charge in [-0.2, -0.15) is 4.98 Å². The molecule has 1 aliphatic heterocycles. The van der Waals surface area contributed by atoms with Gasteiger partial charge in [-0.15, -0.1) is 0 Å². The van der Waals surface area contributed by atoms with Gasteiger partial charge >= 0.3 is 12.0 Å². The smallest absolute Gasteiger partial charge is 0.316 e. The highest BCUT2D eigenvalue weighted by Crippen LogP contribution is 2.35. The lowest BCUT2D eigenvalue weighted by Gasteiger charge is -2.33. The minimum atomic E-state index is -1.14. The van der Waals surface area contributed by atoms with E-state index in [0.717, 1.165) is 0 Å². The maximum Gasteiger partial charge on any atom is 0.316 e. The monoisotopic (exact) mass is 471 g/mol. The van der Waals surface area contributed by atoms with Crippen LogP contribution in [-0.2, 0) is 14.3 Å². The van der Waals surface area contributed by atoms with Crippen LogP contribution in [0.4, 0.5) is 4.39 Å². The second-order valence-electron chi connectivity index (χ2n) is 8.55. The first-order valence-electron chi connectivity index (χ1n) is 10.7. The van der Waals surface area contributed by atoms with Crippen LogP contribution >= 0.6 is 0 Å². The summed E-state index contributed by atoms with van der Waals surface area (Å²) in [6.45, 7) is 2.61. The SMILES string of the molecule is CN(C)CCOc1nccc(-c2[nH]c(C3OCC(C)(C(=O)O)CO3)nc2-c2ccc(F)cc2)n1. The zero-order valence-corrected chi connectivity index (χ0v) is 19.1. The molecule has 0 unspecified atom stereocenters. The van der Waals surface area contributed by atoms with Crippen molar-refractivity contribution in [1.29, 1.82) is 0 Å². The summed E-state index contributed by atoms with van der Waals surface area (Å²) in [4.78, 5) is 29.9. The van der Waals surface area contributed by atoms with E-state index in [1.54, 1.807) is 31.3 Å². The molecule has 3 aromatic rings. The van der Waals surface area contributed by atoms with E-state index in [4.69, 9.17) is 14.2 Å². The Morgan fingerprint density at radius 3 is 2.59 bits per heavy atom. The van der Waals surface area contributed by atoms with Crippen molar-refractivity contribution in [2.45, 2.75) is 13.2 Å². The molecule has 11 heteroatoms. The number of rotatable bonds is 8. The number of nitrogens with one attached hydrogen (secondary N) is 1. The Balaban J connectivity index is 1.66. The lowest BCUT2D eigenvalue weighted by atomic mass is 9.92. The number of H-pyrrole nitrogens is 1. The number of carboxylic acid groups (broad SMARTS) is 1. The van der Waals surface area contributed by atoms with Gasteiger partial charge in [0.05, 0.1) is 30.3 Å². The Morgan fingerprint density at radius 2 is 1.94 bits per heavy atom. The molecule has 2 aromatic heterocycles. The maximum atomic E-state index is 13.5. The van der Waals surface area contributed by atoms with Crippen molar-refractivity contribution < 1.29 is 28.5 Å². The zero-order valence-electron chi connectivity index (χ0n) is 19.1. The van der Waals surface area contributed by atoms with E-state index >= 15 is 0 Å². The molecule has 0 saturated carbocycles. The molecule has 1 aromatic carbocycles. The zero-order chi connectivity index (χ0) is 24.3. The molecule has 2 N–H and O–H groups in total. The number of hydrogen-bond donors (Lipinski definition) is 2. The van der Waals surface area contributed by atoms with Gasteiger partial charge in [-0.25, -0.2) is 14.4 Å². The number of likely N-dealkylation sites (N-methyl/N-ethyl adjacent to an activating group) is 1. The molecule has 0 bridgehead atoms. The Kier molecular flexibility index (Phi) is 6.87. The van der Waals surface area contributed by atoms with Crippen LogP contribution < -0.4 is 4.74 Å². The topological polar surface area (TPSA) is 123 Å². The van der Waals surface area contributed by atoms with E-state index in [-0.39, 0.29) is 25.0 Å². The minimum absolute atomic E-state index is 0.0354. The molecule has 0 spiro atoms. The lowest BCUT2D eigenvalue weighted by molar-refractivity contribution is -0.236. The summed E-state index contributed by atoms with van der Waals surface area (Å²) >= 11 is 0. The number of nitrogens with zero attached hydrogens (tertiary/aromatic N) is 4. The van der Waals surface area contributed by atoms with Gasteiger partial charge in [0.15, 0.2) is 5.82 Å². The predicted octanol–water partition coefficient (Wildman–Crippen LogP) is 2.75. The minimum Gasteiger partial charge on any atom is -0.481 e. The van der Waals surface area contributed by atoms with Crippen molar-refractivity contribution >= 4 is 5.97 Å². The van der Waals surface area contributed by atoms with Crippen molar-refractivity contribution in [3.8, 4) is 28.7 Å². The van der Waals surface area contributed by atoms with Gasteiger partial charge in [0, 0.05) is 18.3 Å². The molecular formula is C23H26FN5O5. The lowest BCUT2D eigenvalue weighted by Crippen LogP contribution is -2.42. The summed E-state index contributed by atoms with van der Waals surface area (Å²) in [5.74, 6) is -1.03. The van der Waals surface area contributed by atoms with E-state index in [1.807, 2.05) is 19.0 Å². The summed E-state index contributed by atoms with van der Waals surface area (Å²) < 4.78 is 30.5. The van der Waals surface area contributed by atoms with E-state index in [0.29, 0.717) is 41.6 Å². The maximum absolute atomic E-state index is 13.5. The third-order valence-electron chi connectivity index (χ3n) is 5.35. The van der Waals surface area contributed by atoms with Gasteiger partial charge in [-0.05, 0) is 51.4 Å². The normalized spacial score (nSPS) is 20.4. The fourth-order valence-electron chi connectivity index (χ4n) is 3.26. The van der Waals surface area contributed by atoms with Crippen LogP contribution in [0.15, 0.2) is 36.5 Å². The largest absolute Gasteiger partial charge is 0.481 e. The third kappa shape index (κ3) is 5.22. The first-order valence-corrected chi connectivity index (χ1v) is 10.7. The number of imidazole rings is 1. The molecule has 1 fully saturated rings. The molecule has 0 aliphatic carbocycles. The quantitative estimate of drug-likeness (QED) is 0.510. The molecule has 3 heterocycles. The standard InChI is InChI=1S/C23H26FN5O5/c1-23(21(30)31)12-33-20(34-13-23)19-27-17(14-4-6-15(24)7-5-14)18(28-19)16-8-9-25-22(26-16)32-11-10-29(2)3/h4-9,20H,10-13H2,1-3H3,(H,27,28)(H,30,31). The van der Waals surface area contributed by atoms with Gasteiger partial charge in [0.1, 0.15) is 17.8 Å². The van der Waals surface area contributed by atoms with Crippen LogP contribution in [0, 0.1) is 11.2 Å². The summed E-state index contributed by atoms with van der Waals surface area (Å²) in [5.41, 5.74) is 1.07. The van der Waals surface area contributed by atoms with Gasteiger partial charge in [0.25, 0.3) is 0 Å². The number of carboxylic acids is 1. The second kappa shape index (κ2) is 9.84. The number of hydrogen-bond acceptors (Lipinski definition) is 8. The van der Waals surface area contributed by atoms with Crippen molar-refractivity contribution in [2.75, 3.05) is 40.5 Å². The van der Waals surface area contributed by atoms with Crippen molar-refractivity contribution in [3.05, 3.63) is 48.2 Å². The Hall–Kier alpha value is -3.41. The summed E-state index contributed by atoms with van der Waals surface area (Å²) in [7, 11) is 3.88. The molecule has 0 amide bonds. The number of carbonyl (C=O) groups is 1. The first-order chi connectivity index (χ1) is 16.2. The number of aromatic nitrogens is 4. The Labute approximate surface area is 195 Å². The van der Waals surface area contributed by atoms with Gasteiger partial charge in [-0.3, -0.25) is 4.79 Å². The molecule has 0 atom stereocenters. The van der Waals surface area contributed by atoms with Gasteiger partial charge < -0.3 is 29.2 Å². The molecule has 0 radical (unpaired) electrons.